The van der Waals surface area contributed by atoms with E-state index in [-0.39, 0.29) is 35.6 Å². The van der Waals surface area contributed by atoms with Crippen LogP contribution < -0.4 is 5.56 Å². The maximum atomic E-state index is 13.7. The number of hydrogen-bond donors (Lipinski definition) is 3. The minimum atomic E-state index is -3.82. The quantitative estimate of drug-likeness (QED) is 0.334. The highest BCUT2D eigenvalue weighted by Crippen LogP contribution is 2.33. The summed E-state index contributed by atoms with van der Waals surface area (Å²) < 4.78 is 34.4. The van der Waals surface area contributed by atoms with Crippen molar-refractivity contribution >= 4 is 43.9 Å². The number of carboxylic acids is 1. The molecule has 2 aromatic heterocycles. The summed E-state index contributed by atoms with van der Waals surface area (Å²) in [5.41, 5.74) is 0.0943. The first kappa shape index (κ1) is 31.2. The molecule has 3 N–H and O–H groups in total. The number of benzene rings is 1. The number of fused-ring (bicyclic) bond motifs is 3. The van der Waals surface area contributed by atoms with Crippen molar-refractivity contribution in [3.63, 3.8) is 0 Å². The molecule has 0 atom stereocenters. The van der Waals surface area contributed by atoms with E-state index in [1.54, 1.807) is 50.1 Å². The van der Waals surface area contributed by atoms with Crippen molar-refractivity contribution in [2.45, 2.75) is 89.8 Å². The van der Waals surface area contributed by atoms with Gasteiger partial charge in [0.05, 0.1) is 4.90 Å². The van der Waals surface area contributed by atoms with Gasteiger partial charge in [0.15, 0.2) is 0 Å². The molecule has 0 radical (unpaired) electrons. The Morgan fingerprint density at radius 2 is 1.80 bits per heavy atom. The minimum absolute atomic E-state index is 0.0868. The van der Waals surface area contributed by atoms with Gasteiger partial charge in [-0.3, -0.25) is 9.59 Å². The van der Waals surface area contributed by atoms with Gasteiger partial charge in [0, 0.05) is 54.1 Å². The first-order valence-electron chi connectivity index (χ1n) is 13.5. The topological polar surface area (TPSA) is 153 Å². The Morgan fingerprint density at radius 3 is 2.33 bits per heavy atom. The number of rotatable bonds is 9. The Bertz CT molecular complexity index is 1510. The minimum Gasteiger partial charge on any atom is -0.481 e. The van der Waals surface area contributed by atoms with Gasteiger partial charge in [-0.25, -0.2) is 13.2 Å². The molecule has 2 heterocycles. The fraction of sp³-hybridized carbons (Fsp3) is 0.536. The van der Waals surface area contributed by atoms with E-state index in [4.69, 9.17) is 9.84 Å². The number of H-pyrrole nitrogens is 2. The molecule has 1 aliphatic carbocycles. The van der Waals surface area contributed by atoms with Crippen LogP contribution in [-0.2, 0) is 19.6 Å². The second-order valence-corrected chi connectivity index (χ2v) is 13.1. The van der Waals surface area contributed by atoms with E-state index >= 15 is 0 Å². The maximum absolute atomic E-state index is 13.7. The van der Waals surface area contributed by atoms with Gasteiger partial charge in [-0.2, -0.15) is 4.31 Å². The second kappa shape index (κ2) is 12.4. The summed E-state index contributed by atoms with van der Waals surface area (Å²) in [7, 11) is -3.82. The summed E-state index contributed by atoms with van der Waals surface area (Å²) in [6.07, 6.45) is 3.80. The van der Waals surface area contributed by atoms with Gasteiger partial charge in [0.1, 0.15) is 11.1 Å². The van der Waals surface area contributed by atoms with Crippen LogP contribution in [0.5, 0.6) is 0 Å². The number of sulfonamides is 1. The number of aromatic amines is 2. The smallest absolute Gasteiger partial charge is 0.410 e. The van der Waals surface area contributed by atoms with E-state index in [2.05, 4.69) is 9.97 Å². The maximum Gasteiger partial charge on any atom is 0.410 e. The van der Waals surface area contributed by atoms with Crippen molar-refractivity contribution in [1.29, 1.82) is 0 Å². The van der Waals surface area contributed by atoms with Crippen LogP contribution in [-0.4, -0.2) is 75.5 Å². The van der Waals surface area contributed by atoms with Crippen LogP contribution in [0.1, 0.15) is 67.2 Å². The molecule has 40 heavy (non-hydrogen) atoms. The molecule has 12 heteroatoms. The number of aromatic nitrogens is 2. The monoisotopic (exact) mass is 576 g/mol. The van der Waals surface area contributed by atoms with Crippen molar-refractivity contribution < 1.29 is 27.9 Å². The zero-order chi connectivity index (χ0) is 29.8. The van der Waals surface area contributed by atoms with Crippen molar-refractivity contribution in [3.8, 4) is 0 Å². The third-order valence-corrected chi connectivity index (χ3v) is 8.29. The normalized spacial score (nSPS) is 13.9. The lowest BCUT2D eigenvalue weighted by atomic mass is 10.1. The molecule has 0 saturated heterocycles. The third-order valence-electron chi connectivity index (χ3n) is 6.34. The van der Waals surface area contributed by atoms with Gasteiger partial charge in [-0.15, -0.1) is 0 Å². The van der Waals surface area contributed by atoms with Crippen molar-refractivity contribution in [1.82, 2.24) is 19.2 Å². The number of pyridine rings is 1. The van der Waals surface area contributed by atoms with Crippen LogP contribution in [0, 0.1) is 0 Å². The highest BCUT2D eigenvalue weighted by atomic mass is 32.2. The lowest BCUT2D eigenvalue weighted by Gasteiger charge is -2.32. The van der Waals surface area contributed by atoms with Gasteiger partial charge in [0.2, 0.25) is 10.0 Å². The molecule has 1 amide bonds. The summed E-state index contributed by atoms with van der Waals surface area (Å²) in [6, 6.07) is 6.30. The molecular weight excluding hydrogens is 536 g/mol. The number of nitrogens with zero attached hydrogens (tertiary/aromatic N) is 2. The van der Waals surface area contributed by atoms with E-state index in [0.29, 0.717) is 28.2 Å². The zero-order valence-corrected chi connectivity index (χ0v) is 24.8. The highest BCUT2D eigenvalue weighted by Gasteiger charge is 2.39. The first-order chi connectivity index (χ1) is 18.7. The summed E-state index contributed by atoms with van der Waals surface area (Å²) in [6.45, 7) is 11.4. The van der Waals surface area contributed by atoms with Crippen LogP contribution in [0.15, 0.2) is 40.2 Å². The Kier molecular flexibility index (Phi) is 9.68. The molecule has 0 spiro atoms. The number of nitrogens with one attached hydrogen (secondary N) is 2. The Labute approximate surface area is 234 Å². The van der Waals surface area contributed by atoms with Gasteiger partial charge in [-0.1, -0.05) is 6.92 Å². The Balaban J connectivity index is 0.000000663. The average molecular weight is 577 g/mol. The number of carboxylic acid groups (broad SMARTS) is 1. The Hall–Kier alpha value is -3.38. The van der Waals surface area contributed by atoms with E-state index in [9.17, 15) is 22.8 Å². The molecule has 3 aromatic rings. The summed E-state index contributed by atoms with van der Waals surface area (Å²) >= 11 is 0. The van der Waals surface area contributed by atoms with Crippen LogP contribution >= 0.6 is 0 Å². The second-order valence-electron chi connectivity index (χ2n) is 11.2. The van der Waals surface area contributed by atoms with E-state index < -0.39 is 27.7 Å². The van der Waals surface area contributed by atoms with Gasteiger partial charge in [-0.05, 0) is 78.1 Å². The SMILES string of the molecule is CC(C)N(CCN(C1CC1)S(=O)(=O)c1ccc2[nH]c(=O)c3[nH]ccc3c2c1)C(=O)OC(C)(C)C.CCCC(=O)O. The summed E-state index contributed by atoms with van der Waals surface area (Å²) in [5, 5.41) is 9.24. The fourth-order valence-corrected chi connectivity index (χ4v) is 5.98. The molecule has 0 aliphatic heterocycles. The predicted octanol–water partition coefficient (Wildman–Crippen LogP) is 4.68. The van der Waals surface area contributed by atoms with E-state index in [0.717, 1.165) is 19.3 Å². The number of carbonyl (C=O) groups excluding carboxylic acids is 1. The molecule has 0 bridgehead atoms. The van der Waals surface area contributed by atoms with Gasteiger partial charge < -0.3 is 24.7 Å². The summed E-state index contributed by atoms with van der Waals surface area (Å²) in [4.78, 5) is 41.9. The molecule has 11 nitrogen and oxygen atoms in total. The van der Waals surface area contributed by atoms with Crippen LogP contribution in [0.25, 0.3) is 21.8 Å². The van der Waals surface area contributed by atoms with E-state index in [1.165, 1.54) is 10.4 Å². The lowest BCUT2D eigenvalue weighted by Crippen LogP contribution is -2.46. The van der Waals surface area contributed by atoms with Crippen molar-refractivity contribution in [2.75, 3.05) is 13.1 Å². The number of amides is 1. The first-order valence-corrected chi connectivity index (χ1v) is 15.0. The van der Waals surface area contributed by atoms with Crippen LogP contribution in [0.4, 0.5) is 4.79 Å². The number of hydrogen-bond acceptors (Lipinski definition) is 6. The van der Waals surface area contributed by atoms with Crippen LogP contribution in [0.2, 0.25) is 0 Å². The van der Waals surface area contributed by atoms with Crippen molar-refractivity contribution in [2.24, 2.45) is 0 Å². The van der Waals surface area contributed by atoms with Gasteiger partial charge in [0.25, 0.3) is 5.56 Å². The molecule has 1 aromatic carbocycles. The fourth-order valence-electron chi connectivity index (χ4n) is 4.28. The van der Waals surface area contributed by atoms with Gasteiger partial charge >= 0.3 is 12.1 Å². The van der Waals surface area contributed by atoms with E-state index in [1.807, 2.05) is 20.8 Å². The van der Waals surface area contributed by atoms with Crippen LogP contribution in [0.3, 0.4) is 0 Å². The lowest BCUT2D eigenvalue weighted by molar-refractivity contribution is -0.137. The number of ether oxygens (including phenoxy) is 1. The summed E-state index contributed by atoms with van der Waals surface area (Å²) in [5.74, 6) is -0.711. The molecule has 1 fully saturated rings. The molecular formula is C28H40N4O7S. The predicted molar refractivity (Wildman–Crippen MR) is 154 cm³/mol. The Morgan fingerprint density at radius 1 is 1.12 bits per heavy atom. The molecule has 220 valence electrons. The number of carbonyl (C=O) groups is 2. The third kappa shape index (κ3) is 7.63. The zero-order valence-electron chi connectivity index (χ0n) is 24.0. The van der Waals surface area contributed by atoms with Crippen molar-refractivity contribution in [3.05, 3.63) is 40.8 Å². The standard InChI is InChI=1S/C24H32N4O5S.C4H8O2/c1-15(2)27(23(30)33-24(3,4)5)12-13-28(16-6-7-16)34(31,32)17-8-9-20-19(14-17)18-10-11-25-21(18)22(29)26-20;1-2-3-4(5)6/h8-11,14-16,25H,6-7,12-13H2,1-5H3,(H,26,29);2-3H2,1H3,(H,5,6). The largest absolute Gasteiger partial charge is 0.481 e. The molecule has 1 aliphatic rings. The number of aliphatic carboxylic acids is 1. The molecule has 1 saturated carbocycles. The highest BCUT2D eigenvalue weighted by molar-refractivity contribution is 7.89. The molecule has 0 unspecified atom stereocenters. The average Bonchev–Trinajstić information content (AvgIpc) is 3.54. The molecule has 4 rings (SSSR count).